The summed E-state index contributed by atoms with van der Waals surface area (Å²) in [7, 11) is 1.87. The molecule has 0 aromatic carbocycles. The molecule has 86 valence electrons. The first-order valence-electron chi connectivity index (χ1n) is 4.72. The van der Waals surface area contributed by atoms with Gasteiger partial charge in [0.25, 0.3) is 0 Å². The number of rotatable bonds is 3. The SMILES string of the molecule is Cn1cc(CCON)c2c(Cl)nc(N)nc21. The molecule has 0 aliphatic rings. The quantitative estimate of drug-likeness (QED) is 0.608. The predicted molar refractivity (Wildman–Crippen MR) is 61.8 cm³/mol. The minimum atomic E-state index is 0.167. The topological polar surface area (TPSA) is 92.0 Å². The van der Waals surface area contributed by atoms with Crippen molar-refractivity contribution in [1.82, 2.24) is 14.5 Å². The van der Waals surface area contributed by atoms with Gasteiger partial charge in [-0.05, 0) is 5.56 Å². The maximum absolute atomic E-state index is 6.04. The third-order valence-electron chi connectivity index (χ3n) is 2.36. The van der Waals surface area contributed by atoms with E-state index in [0.717, 1.165) is 10.9 Å². The van der Waals surface area contributed by atoms with E-state index in [9.17, 15) is 0 Å². The summed E-state index contributed by atoms with van der Waals surface area (Å²) in [4.78, 5) is 12.6. The van der Waals surface area contributed by atoms with E-state index in [1.165, 1.54) is 0 Å². The smallest absolute Gasteiger partial charge is 0.223 e. The van der Waals surface area contributed by atoms with E-state index in [0.29, 0.717) is 23.8 Å². The van der Waals surface area contributed by atoms with Crippen LogP contribution in [0.4, 0.5) is 5.95 Å². The number of hydrogen-bond donors (Lipinski definition) is 2. The number of anilines is 1. The van der Waals surface area contributed by atoms with Crippen LogP contribution in [0.5, 0.6) is 0 Å². The van der Waals surface area contributed by atoms with Gasteiger partial charge < -0.3 is 15.1 Å². The van der Waals surface area contributed by atoms with Gasteiger partial charge in [-0.2, -0.15) is 4.98 Å². The van der Waals surface area contributed by atoms with Gasteiger partial charge in [0.15, 0.2) is 0 Å². The summed E-state index contributed by atoms with van der Waals surface area (Å²) in [5.41, 5.74) is 7.24. The summed E-state index contributed by atoms with van der Waals surface area (Å²) in [6.45, 7) is 0.416. The molecule has 0 aliphatic carbocycles. The number of hydrogen-bond acceptors (Lipinski definition) is 5. The van der Waals surface area contributed by atoms with Crippen LogP contribution in [0, 0.1) is 0 Å². The number of nitrogens with two attached hydrogens (primary N) is 2. The van der Waals surface area contributed by atoms with E-state index in [4.69, 9.17) is 23.2 Å². The van der Waals surface area contributed by atoms with Crippen LogP contribution >= 0.6 is 11.6 Å². The van der Waals surface area contributed by atoms with Crippen molar-refractivity contribution in [3.05, 3.63) is 16.9 Å². The van der Waals surface area contributed by atoms with Gasteiger partial charge in [-0.1, -0.05) is 11.6 Å². The van der Waals surface area contributed by atoms with E-state index in [1.807, 2.05) is 17.8 Å². The monoisotopic (exact) mass is 241 g/mol. The Kier molecular flexibility index (Phi) is 2.95. The van der Waals surface area contributed by atoms with Gasteiger partial charge >= 0.3 is 0 Å². The lowest BCUT2D eigenvalue weighted by atomic mass is 10.2. The summed E-state index contributed by atoms with van der Waals surface area (Å²) < 4.78 is 1.85. The molecule has 0 amide bonds. The molecule has 2 rings (SSSR count). The van der Waals surface area contributed by atoms with Crippen molar-refractivity contribution >= 4 is 28.6 Å². The van der Waals surface area contributed by atoms with Gasteiger partial charge in [0, 0.05) is 19.7 Å². The highest BCUT2D eigenvalue weighted by atomic mass is 35.5. The lowest BCUT2D eigenvalue weighted by molar-refractivity contribution is 0.141. The first-order valence-corrected chi connectivity index (χ1v) is 5.10. The maximum atomic E-state index is 6.04. The van der Waals surface area contributed by atoms with Gasteiger partial charge in [0.2, 0.25) is 5.95 Å². The Hall–Kier alpha value is -1.37. The molecule has 2 heterocycles. The molecule has 0 atom stereocenters. The molecule has 0 saturated carbocycles. The predicted octanol–water partition coefficient (Wildman–Crippen LogP) is 0.637. The minimum Gasteiger partial charge on any atom is -0.368 e. The number of halogens is 1. The Morgan fingerprint density at radius 3 is 2.94 bits per heavy atom. The normalized spacial score (nSPS) is 11.2. The summed E-state index contributed by atoms with van der Waals surface area (Å²) in [6, 6.07) is 0. The zero-order chi connectivity index (χ0) is 11.7. The van der Waals surface area contributed by atoms with Crippen LogP contribution < -0.4 is 11.6 Å². The maximum Gasteiger partial charge on any atom is 0.223 e. The first kappa shape index (κ1) is 11.1. The van der Waals surface area contributed by atoms with Crippen molar-refractivity contribution in [1.29, 1.82) is 0 Å². The molecular formula is C9H12ClN5O. The Labute approximate surface area is 97.1 Å². The molecule has 2 aromatic heterocycles. The van der Waals surface area contributed by atoms with E-state index >= 15 is 0 Å². The Balaban J connectivity index is 2.59. The highest BCUT2D eigenvalue weighted by Crippen LogP contribution is 2.26. The van der Waals surface area contributed by atoms with Crippen LogP contribution in [0.15, 0.2) is 6.20 Å². The third-order valence-corrected chi connectivity index (χ3v) is 2.63. The van der Waals surface area contributed by atoms with Gasteiger partial charge in [-0.3, -0.25) is 0 Å². The number of nitrogens with zero attached hydrogens (tertiary/aromatic N) is 3. The molecule has 0 saturated heterocycles. The molecule has 6 nitrogen and oxygen atoms in total. The van der Waals surface area contributed by atoms with E-state index < -0.39 is 0 Å². The number of nitrogen functional groups attached to an aromatic ring is 1. The third kappa shape index (κ3) is 1.82. The molecule has 0 unspecified atom stereocenters. The second kappa shape index (κ2) is 4.25. The molecule has 2 aromatic rings. The molecule has 16 heavy (non-hydrogen) atoms. The Morgan fingerprint density at radius 2 is 2.25 bits per heavy atom. The lowest BCUT2D eigenvalue weighted by Crippen LogP contribution is -2.03. The molecule has 0 spiro atoms. The fourth-order valence-corrected chi connectivity index (χ4v) is 1.98. The van der Waals surface area contributed by atoms with Gasteiger partial charge in [-0.15, -0.1) is 0 Å². The van der Waals surface area contributed by atoms with Crippen LogP contribution in [-0.4, -0.2) is 21.1 Å². The largest absolute Gasteiger partial charge is 0.368 e. The summed E-state index contributed by atoms with van der Waals surface area (Å²) in [6.07, 6.45) is 2.57. The fourth-order valence-electron chi connectivity index (χ4n) is 1.69. The second-order valence-corrected chi connectivity index (χ2v) is 3.82. The Bertz CT molecular complexity index is 524. The van der Waals surface area contributed by atoms with Crippen LogP contribution in [-0.2, 0) is 18.3 Å². The van der Waals surface area contributed by atoms with Gasteiger partial charge in [0.1, 0.15) is 10.8 Å². The van der Waals surface area contributed by atoms with Crippen molar-refractivity contribution in [3.63, 3.8) is 0 Å². The molecule has 7 heteroatoms. The molecular weight excluding hydrogens is 230 g/mol. The average molecular weight is 242 g/mol. The first-order chi connectivity index (χ1) is 7.63. The van der Waals surface area contributed by atoms with E-state index in [1.54, 1.807) is 0 Å². The molecule has 0 bridgehead atoms. The molecule has 0 radical (unpaired) electrons. The summed E-state index contributed by atoms with van der Waals surface area (Å²) in [5.74, 6) is 5.17. The zero-order valence-corrected chi connectivity index (χ0v) is 9.53. The van der Waals surface area contributed by atoms with Crippen LogP contribution in [0.1, 0.15) is 5.56 Å². The minimum absolute atomic E-state index is 0.167. The fraction of sp³-hybridized carbons (Fsp3) is 0.333. The van der Waals surface area contributed by atoms with Gasteiger partial charge in [0.05, 0.1) is 12.0 Å². The van der Waals surface area contributed by atoms with Crippen molar-refractivity contribution in [2.75, 3.05) is 12.3 Å². The van der Waals surface area contributed by atoms with Crippen LogP contribution in [0.2, 0.25) is 5.15 Å². The van der Waals surface area contributed by atoms with Crippen molar-refractivity contribution in [3.8, 4) is 0 Å². The highest BCUT2D eigenvalue weighted by Gasteiger charge is 2.13. The average Bonchev–Trinajstić information content (AvgIpc) is 2.53. The summed E-state index contributed by atoms with van der Waals surface area (Å²) in [5, 5.41) is 1.16. The molecule has 0 fully saturated rings. The number of aromatic nitrogens is 3. The van der Waals surface area contributed by atoms with Crippen molar-refractivity contribution in [2.24, 2.45) is 12.9 Å². The van der Waals surface area contributed by atoms with E-state index in [-0.39, 0.29) is 5.95 Å². The van der Waals surface area contributed by atoms with E-state index in [2.05, 4.69) is 14.8 Å². The van der Waals surface area contributed by atoms with Crippen LogP contribution in [0.25, 0.3) is 11.0 Å². The Morgan fingerprint density at radius 1 is 1.50 bits per heavy atom. The van der Waals surface area contributed by atoms with Crippen molar-refractivity contribution < 1.29 is 4.84 Å². The van der Waals surface area contributed by atoms with Gasteiger partial charge in [-0.25, -0.2) is 10.9 Å². The standard InChI is InChI=1S/C9H12ClN5O/c1-15-4-5(2-3-16-12)6-7(10)13-9(11)14-8(6)15/h4H,2-3,12H2,1H3,(H2,11,13,14). The number of fused-ring (bicyclic) bond motifs is 1. The van der Waals surface area contributed by atoms with Crippen LogP contribution in [0.3, 0.4) is 0 Å². The lowest BCUT2D eigenvalue weighted by Gasteiger charge is -2.00. The molecule has 0 aliphatic heterocycles. The zero-order valence-electron chi connectivity index (χ0n) is 8.77. The molecule has 4 N–H and O–H groups in total. The highest BCUT2D eigenvalue weighted by molar-refractivity contribution is 6.34. The van der Waals surface area contributed by atoms with Crippen molar-refractivity contribution in [2.45, 2.75) is 6.42 Å². The second-order valence-electron chi connectivity index (χ2n) is 3.46. The number of aryl methyl sites for hydroxylation is 1. The summed E-state index contributed by atoms with van der Waals surface area (Å²) >= 11 is 6.04.